The van der Waals surface area contributed by atoms with Crippen LogP contribution in [0, 0.1) is 5.41 Å². The molecule has 0 aliphatic rings. The summed E-state index contributed by atoms with van der Waals surface area (Å²) < 4.78 is 5.02. The normalized spacial score (nSPS) is 11.6. The van der Waals surface area contributed by atoms with Crippen LogP contribution >= 0.6 is 0 Å². The van der Waals surface area contributed by atoms with Crippen LogP contribution in [-0.2, 0) is 4.74 Å². The topological polar surface area (TPSA) is 9.23 Å². The summed E-state index contributed by atoms with van der Waals surface area (Å²) in [5.41, 5.74) is 0.474. The molecule has 0 heterocycles. The summed E-state index contributed by atoms with van der Waals surface area (Å²) in [5.74, 6) is 0. The van der Waals surface area contributed by atoms with E-state index in [2.05, 4.69) is 20.4 Å². The molecule has 0 rings (SSSR count). The van der Waals surface area contributed by atoms with Crippen molar-refractivity contribution < 1.29 is 4.74 Å². The van der Waals surface area contributed by atoms with Gasteiger partial charge in [-0.25, -0.2) is 0 Å². The first kappa shape index (κ1) is 12.7. The van der Waals surface area contributed by atoms with Gasteiger partial charge in [-0.15, -0.1) is 6.58 Å². The molecule has 13 heavy (non-hydrogen) atoms. The van der Waals surface area contributed by atoms with E-state index in [0.29, 0.717) is 5.41 Å². The maximum atomic E-state index is 5.02. The van der Waals surface area contributed by atoms with Gasteiger partial charge in [-0.2, -0.15) is 0 Å². The lowest BCUT2D eigenvalue weighted by molar-refractivity contribution is 0.184. The van der Waals surface area contributed by atoms with Crippen molar-refractivity contribution in [2.75, 3.05) is 13.7 Å². The Morgan fingerprint density at radius 1 is 1.23 bits per heavy atom. The highest BCUT2D eigenvalue weighted by Crippen LogP contribution is 2.28. The summed E-state index contributed by atoms with van der Waals surface area (Å²) in [6, 6.07) is 0. The Hall–Kier alpha value is -0.300. The van der Waals surface area contributed by atoms with Gasteiger partial charge < -0.3 is 4.74 Å². The molecule has 0 radical (unpaired) electrons. The third-order valence-corrected chi connectivity index (χ3v) is 2.48. The van der Waals surface area contributed by atoms with Crippen molar-refractivity contribution >= 4 is 0 Å². The Labute approximate surface area is 83.2 Å². The SMILES string of the molecule is C=CCCC(C)(C)CCCCOC. The highest BCUT2D eigenvalue weighted by molar-refractivity contribution is 4.75. The molecule has 1 nitrogen and oxygen atoms in total. The van der Waals surface area contributed by atoms with Crippen molar-refractivity contribution in [2.45, 2.75) is 46.0 Å². The number of methoxy groups -OCH3 is 1. The zero-order valence-corrected chi connectivity index (χ0v) is 9.44. The second kappa shape index (κ2) is 7.14. The molecule has 0 aromatic heterocycles. The molecule has 0 fully saturated rings. The molecule has 0 atom stereocenters. The third-order valence-electron chi connectivity index (χ3n) is 2.48. The smallest absolute Gasteiger partial charge is 0.0462 e. The van der Waals surface area contributed by atoms with Crippen LogP contribution < -0.4 is 0 Å². The lowest BCUT2D eigenvalue weighted by Gasteiger charge is -2.23. The monoisotopic (exact) mass is 184 g/mol. The lowest BCUT2D eigenvalue weighted by Crippen LogP contribution is -2.10. The zero-order chi connectivity index (χ0) is 10.2. The third kappa shape index (κ3) is 8.04. The van der Waals surface area contributed by atoms with Crippen LogP contribution in [-0.4, -0.2) is 13.7 Å². The fourth-order valence-corrected chi connectivity index (χ4v) is 1.47. The number of hydrogen-bond acceptors (Lipinski definition) is 1. The Balaban J connectivity index is 3.44. The van der Waals surface area contributed by atoms with Crippen LogP contribution in [0.5, 0.6) is 0 Å². The lowest BCUT2D eigenvalue weighted by atomic mass is 9.83. The van der Waals surface area contributed by atoms with Crippen LogP contribution in [0.2, 0.25) is 0 Å². The largest absolute Gasteiger partial charge is 0.385 e. The number of rotatable bonds is 8. The molecule has 0 saturated carbocycles. The molecule has 0 unspecified atom stereocenters. The molecule has 0 aromatic rings. The summed E-state index contributed by atoms with van der Waals surface area (Å²) in [6.07, 6.45) is 8.16. The molecule has 1 heteroatoms. The van der Waals surface area contributed by atoms with Gasteiger partial charge in [-0.1, -0.05) is 26.3 Å². The molecular formula is C12H24O. The maximum absolute atomic E-state index is 5.02. The van der Waals surface area contributed by atoms with Crippen molar-refractivity contribution in [3.05, 3.63) is 12.7 Å². The minimum absolute atomic E-state index is 0.474. The van der Waals surface area contributed by atoms with Crippen LogP contribution in [0.15, 0.2) is 12.7 Å². The Morgan fingerprint density at radius 2 is 1.92 bits per heavy atom. The molecule has 0 aromatic carbocycles. The van der Waals surface area contributed by atoms with Crippen LogP contribution in [0.3, 0.4) is 0 Å². The van der Waals surface area contributed by atoms with Crippen LogP contribution in [0.25, 0.3) is 0 Å². The van der Waals surface area contributed by atoms with Crippen molar-refractivity contribution in [1.29, 1.82) is 0 Å². The summed E-state index contributed by atoms with van der Waals surface area (Å²) in [6.45, 7) is 9.33. The molecule has 0 spiro atoms. The van der Waals surface area contributed by atoms with Crippen molar-refractivity contribution in [1.82, 2.24) is 0 Å². The van der Waals surface area contributed by atoms with Gasteiger partial charge in [-0.05, 0) is 31.1 Å². The van der Waals surface area contributed by atoms with Crippen molar-refractivity contribution in [2.24, 2.45) is 5.41 Å². The summed E-state index contributed by atoms with van der Waals surface area (Å²) in [4.78, 5) is 0. The fourth-order valence-electron chi connectivity index (χ4n) is 1.47. The number of ether oxygens (including phenoxy) is 1. The Kier molecular flexibility index (Phi) is 6.97. The van der Waals surface area contributed by atoms with Crippen LogP contribution in [0.4, 0.5) is 0 Å². The minimum atomic E-state index is 0.474. The molecule has 78 valence electrons. The first-order chi connectivity index (χ1) is 6.12. The second-order valence-electron chi connectivity index (χ2n) is 4.44. The van der Waals surface area contributed by atoms with E-state index in [1.54, 1.807) is 7.11 Å². The van der Waals surface area contributed by atoms with Gasteiger partial charge in [0.25, 0.3) is 0 Å². The van der Waals surface area contributed by atoms with E-state index < -0.39 is 0 Å². The zero-order valence-electron chi connectivity index (χ0n) is 9.44. The molecule has 0 aliphatic carbocycles. The van der Waals surface area contributed by atoms with Gasteiger partial charge in [0.15, 0.2) is 0 Å². The van der Waals surface area contributed by atoms with Gasteiger partial charge in [0.05, 0.1) is 0 Å². The molecule has 0 saturated heterocycles. The quantitative estimate of drug-likeness (QED) is 0.412. The van der Waals surface area contributed by atoms with Gasteiger partial charge in [0, 0.05) is 13.7 Å². The van der Waals surface area contributed by atoms with E-state index in [4.69, 9.17) is 4.74 Å². The Morgan fingerprint density at radius 3 is 2.46 bits per heavy atom. The van der Waals surface area contributed by atoms with E-state index in [9.17, 15) is 0 Å². The molecule has 0 aliphatic heterocycles. The second-order valence-corrected chi connectivity index (χ2v) is 4.44. The van der Waals surface area contributed by atoms with Gasteiger partial charge >= 0.3 is 0 Å². The van der Waals surface area contributed by atoms with Crippen molar-refractivity contribution in [3.8, 4) is 0 Å². The first-order valence-electron chi connectivity index (χ1n) is 5.22. The van der Waals surface area contributed by atoms with E-state index in [1.165, 1.54) is 25.7 Å². The summed E-state index contributed by atoms with van der Waals surface area (Å²) >= 11 is 0. The van der Waals surface area contributed by atoms with E-state index in [1.807, 2.05) is 6.08 Å². The minimum Gasteiger partial charge on any atom is -0.385 e. The van der Waals surface area contributed by atoms with E-state index in [0.717, 1.165) is 13.0 Å². The number of unbranched alkanes of at least 4 members (excludes halogenated alkanes) is 1. The molecular weight excluding hydrogens is 160 g/mol. The van der Waals surface area contributed by atoms with Crippen LogP contribution in [0.1, 0.15) is 46.0 Å². The average molecular weight is 184 g/mol. The number of allylic oxidation sites excluding steroid dienone is 1. The maximum Gasteiger partial charge on any atom is 0.0462 e. The highest BCUT2D eigenvalue weighted by Gasteiger charge is 2.15. The fraction of sp³-hybridized carbons (Fsp3) is 0.833. The highest BCUT2D eigenvalue weighted by atomic mass is 16.5. The standard InChI is InChI=1S/C12H24O/c1-5-6-9-12(2,3)10-7-8-11-13-4/h5H,1,6-11H2,2-4H3. The number of hydrogen-bond donors (Lipinski definition) is 0. The summed E-state index contributed by atoms with van der Waals surface area (Å²) in [5, 5.41) is 0. The predicted octanol–water partition coefficient (Wildman–Crippen LogP) is 3.80. The first-order valence-corrected chi connectivity index (χ1v) is 5.22. The summed E-state index contributed by atoms with van der Waals surface area (Å²) in [7, 11) is 1.77. The van der Waals surface area contributed by atoms with Gasteiger partial charge in [0.2, 0.25) is 0 Å². The van der Waals surface area contributed by atoms with Gasteiger partial charge in [0.1, 0.15) is 0 Å². The molecule has 0 N–H and O–H groups in total. The Bertz CT molecular complexity index is 127. The van der Waals surface area contributed by atoms with Crippen molar-refractivity contribution in [3.63, 3.8) is 0 Å². The molecule has 0 bridgehead atoms. The van der Waals surface area contributed by atoms with E-state index in [-0.39, 0.29) is 0 Å². The van der Waals surface area contributed by atoms with Gasteiger partial charge in [-0.3, -0.25) is 0 Å². The predicted molar refractivity (Wildman–Crippen MR) is 58.9 cm³/mol. The average Bonchev–Trinajstić information content (AvgIpc) is 2.09. The molecule has 0 amide bonds. The van der Waals surface area contributed by atoms with E-state index >= 15 is 0 Å².